The molecule has 0 spiro atoms. The fourth-order valence-corrected chi connectivity index (χ4v) is 8.52. The predicted octanol–water partition coefficient (Wildman–Crippen LogP) is 3.00. The first-order valence-corrected chi connectivity index (χ1v) is 13.8. The first-order chi connectivity index (χ1) is 15.7. The summed E-state index contributed by atoms with van der Waals surface area (Å²) in [7, 11) is -3.65. The van der Waals surface area contributed by atoms with Crippen molar-refractivity contribution >= 4 is 15.9 Å². The van der Waals surface area contributed by atoms with Crippen LogP contribution in [0.1, 0.15) is 71.1 Å². The van der Waals surface area contributed by atoms with E-state index in [1.807, 2.05) is 6.92 Å². The largest absolute Gasteiger partial charge is 0.372 e. The van der Waals surface area contributed by atoms with Gasteiger partial charge in [-0.25, -0.2) is 17.2 Å². The molecule has 4 aliphatic rings. The van der Waals surface area contributed by atoms with Crippen LogP contribution >= 0.6 is 0 Å². The molecule has 0 bridgehead atoms. The minimum atomic E-state index is -3.65. The molecule has 10 heteroatoms. The number of nitrogens with one attached hydrogen (secondary N) is 1. The first-order valence-electron chi connectivity index (χ1n) is 12.3. The summed E-state index contributed by atoms with van der Waals surface area (Å²) in [4.78, 5) is 12.7. The van der Waals surface area contributed by atoms with Crippen LogP contribution in [0.25, 0.3) is 0 Å². The zero-order chi connectivity index (χ0) is 23.8. The molecule has 0 aromatic heterocycles. The van der Waals surface area contributed by atoms with E-state index >= 15 is 0 Å². The highest BCUT2D eigenvalue weighted by Crippen LogP contribution is 2.37. The number of nitriles is 1. The van der Waals surface area contributed by atoms with Gasteiger partial charge in [0.2, 0.25) is 15.9 Å². The van der Waals surface area contributed by atoms with Crippen LogP contribution in [0, 0.1) is 23.2 Å². The van der Waals surface area contributed by atoms with Crippen molar-refractivity contribution < 1.29 is 26.7 Å². The number of alkyl halides is 2. The minimum absolute atomic E-state index is 0.191. The van der Waals surface area contributed by atoms with Gasteiger partial charge in [0, 0.05) is 18.5 Å². The fraction of sp³-hybridized carbons (Fsp3) is 0.913. The SMILES string of the molecule is C[C@H]1CN(S(=O)(=O)C2CCCC(C#N)C2)C2CC(NC(=O)C3C(F)CCCC3F)CCC2O1. The molecule has 8 atom stereocenters. The molecule has 1 saturated heterocycles. The lowest BCUT2D eigenvalue weighted by Gasteiger charge is -2.48. The topological polar surface area (TPSA) is 99.5 Å². The molecule has 0 aromatic rings. The van der Waals surface area contributed by atoms with E-state index in [1.54, 1.807) is 4.31 Å². The molecule has 1 N–H and O–H groups in total. The number of halogens is 2. The van der Waals surface area contributed by atoms with E-state index < -0.39 is 45.5 Å². The van der Waals surface area contributed by atoms with Gasteiger partial charge in [-0.05, 0) is 64.7 Å². The van der Waals surface area contributed by atoms with Crippen molar-refractivity contribution in [3.63, 3.8) is 0 Å². The molecule has 0 aromatic carbocycles. The van der Waals surface area contributed by atoms with Gasteiger partial charge < -0.3 is 10.1 Å². The van der Waals surface area contributed by atoms with Crippen molar-refractivity contribution in [3.8, 4) is 6.07 Å². The van der Waals surface area contributed by atoms with Gasteiger partial charge in [-0.1, -0.05) is 6.42 Å². The van der Waals surface area contributed by atoms with E-state index in [-0.39, 0.29) is 43.6 Å². The molecule has 3 saturated carbocycles. The number of carbonyl (C=O) groups is 1. The average Bonchev–Trinajstić information content (AvgIpc) is 2.78. The monoisotopic (exact) mass is 487 g/mol. The number of carbonyl (C=O) groups excluding carboxylic acids is 1. The summed E-state index contributed by atoms with van der Waals surface area (Å²) in [6.45, 7) is 2.09. The normalized spacial score (nSPS) is 42.7. The van der Waals surface area contributed by atoms with Crippen molar-refractivity contribution in [3.05, 3.63) is 0 Å². The van der Waals surface area contributed by atoms with Crippen molar-refractivity contribution in [2.45, 2.75) is 113 Å². The molecular formula is C23H35F2N3O4S. The Hall–Kier alpha value is -1.31. The van der Waals surface area contributed by atoms with Gasteiger partial charge >= 0.3 is 0 Å². The summed E-state index contributed by atoms with van der Waals surface area (Å²) in [5.74, 6) is -2.14. The van der Waals surface area contributed by atoms with Gasteiger partial charge in [0.1, 0.15) is 18.3 Å². The number of nitrogens with zero attached hydrogens (tertiary/aromatic N) is 2. The lowest BCUT2D eigenvalue weighted by Crippen LogP contribution is -2.62. The van der Waals surface area contributed by atoms with Crippen LogP contribution in [-0.2, 0) is 19.6 Å². The Morgan fingerprint density at radius 1 is 1.06 bits per heavy atom. The molecule has 3 aliphatic carbocycles. The molecule has 1 aliphatic heterocycles. The Bertz CT molecular complexity index is 856. The molecule has 0 radical (unpaired) electrons. The molecule has 1 amide bonds. The van der Waals surface area contributed by atoms with E-state index in [4.69, 9.17) is 4.74 Å². The zero-order valence-corrected chi connectivity index (χ0v) is 20.0. The van der Waals surface area contributed by atoms with Crippen LogP contribution in [0.4, 0.5) is 8.78 Å². The van der Waals surface area contributed by atoms with Crippen LogP contribution in [-0.4, -0.2) is 67.1 Å². The van der Waals surface area contributed by atoms with Gasteiger partial charge in [0.15, 0.2) is 0 Å². The predicted molar refractivity (Wildman–Crippen MR) is 118 cm³/mol. The summed E-state index contributed by atoms with van der Waals surface area (Å²) in [6, 6.07) is 1.44. The molecular weight excluding hydrogens is 452 g/mol. The summed E-state index contributed by atoms with van der Waals surface area (Å²) >= 11 is 0. The molecule has 33 heavy (non-hydrogen) atoms. The number of rotatable bonds is 4. The molecule has 4 rings (SSSR count). The van der Waals surface area contributed by atoms with Crippen LogP contribution in [0.15, 0.2) is 0 Å². The molecule has 4 fully saturated rings. The van der Waals surface area contributed by atoms with Crippen molar-refractivity contribution in [2.24, 2.45) is 11.8 Å². The standard InChI is InChI=1S/C23H35F2N3O4S/c1-14-13-28(33(30,31)17-5-2-4-15(10-17)12-26)20-11-16(8-9-21(20)32-14)27-23(29)22-18(24)6-3-7-19(22)25/h14-22H,2-11,13H2,1H3,(H,27,29)/t14-,15?,16?,17?,18?,19?,20?,21?,22?/m0/s1. The van der Waals surface area contributed by atoms with Crippen LogP contribution in [0.2, 0.25) is 0 Å². The highest BCUT2D eigenvalue weighted by molar-refractivity contribution is 7.89. The lowest BCUT2D eigenvalue weighted by molar-refractivity contribution is -0.134. The second-order valence-corrected chi connectivity index (χ2v) is 12.5. The minimum Gasteiger partial charge on any atom is -0.372 e. The van der Waals surface area contributed by atoms with Gasteiger partial charge in [0.25, 0.3) is 0 Å². The van der Waals surface area contributed by atoms with E-state index in [9.17, 15) is 27.3 Å². The Labute approximate surface area is 195 Å². The fourth-order valence-electron chi connectivity index (χ4n) is 6.18. The van der Waals surface area contributed by atoms with Crippen LogP contribution in [0.5, 0.6) is 0 Å². The third-order valence-corrected chi connectivity index (χ3v) is 10.3. The highest BCUT2D eigenvalue weighted by Gasteiger charge is 2.48. The maximum Gasteiger partial charge on any atom is 0.229 e. The van der Waals surface area contributed by atoms with E-state index in [2.05, 4.69) is 11.4 Å². The lowest BCUT2D eigenvalue weighted by atomic mass is 9.83. The van der Waals surface area contributed by atoms with Crippen molar-refractivity contribution in [1.82, 2.24) is 9.62 Å². The Kier molecular flexibility index (Phi) is 7.61. The van der Waals surface area contributed by atoms with Gasteiger partial charge in [0.05, 0.1) is 29.6 Å². The number of ether oxygens (including phenoxy) is 1. The number of hydrogen-bond acceptors (Lipinski definition) is 5. The second kappa shape index (κ2) is 10.1. The highest BCUT2D eigenvalue weighted by atomic mass is 32.2. The summed E-state index contributed by atoms with van der Waals surface area (Å²) in [6.07, 6.45) is 1.17. The molecule has 186 valence electrons. The number of amides is 1. The average molecular weight is 488 g/mol. The number of hydrogen-bond donors (Lipinski definition) is 1. The smallest absolute Gasteiger partial charge is 0.229 e. The first kappa shape index (κ1) is 24.8. The van der Waals surface area contributed by atoms with E-state index in [0.29, 0.717) is 44.9 Å². The van der Waals surface area contributed by atoms with Crippen LogP contribution < -0.4 is 5.32 Å². The maximum atomic E-state index is 14.3. The third kappa shape index (κ3) is 5.20. The molecule has 7 unspecified atom stereocenters. The Morgan fingerprint density at radius 2 is 1.76 bits per heavy atom. The number of fused-ring (bicyclic) bond motifs is 1. The Morgan fingerprint density at radius 3 is 2.45 bits per heavy atom. The van der Waals surface area contributed by atoms with Crippen molar-refractivity contribution in [1.29, 1.82) is 5.26 Å². The number of sulfonamides is 1. The van der Waals surface area contributed by atoms with Crippen LogP contribution in [0.3, 0.4) is 0 Å². The number of morpholine rings is 1. The van der Waals surface area contributed by atoms with Gasteiger partial charge in [-0.2, -0.15) is 9.57 Å². The van der Waals surface area contributed by atoms with E-state index in [0.717, 1.165) is 6.42 Å². The quantitative estimate of drug-likeness (QED) is 0.657. The second-order valence-electron chi connectivity index (χ2n) is 10.3. The molecule has 7 nitrogen and oxygen atoms in total. The Balaban J connectivity index is 1.47. The zero-order valence-electron chi connectivity index (χ0n) is 19.2. The van der Waals surface area contributed by atoms with Gasteiger partial charge in [-0.3, -0.25) is 4.79 Å². The summed E-state index contributed by atoms with van der Waals surface area (Å²) in [5, 5.41) is 11.5. The van der Waals surface area contributed by atoms with Gasteiger partial charge in [-0.15, -0.1) is 0 Å². The molecule has 1 heterocycles. The van der Waals surface area contributed by atoms with E-state index in [1.165, 1.54) is 0 Å². The maximum absolute atomic E-state index is 14.3. The third-order valence-electron chi connectivity index (χ3n) is 7.91. The van der Waals surface area contributed by atoms with Crippen molar-refractivity contribution in [2.75, 3.05) is 6.54 Å². The summed E-state index contributed by atoms with van der Waals surface area (Å²) in [5.41, 5.74) is 0. The summed E-state index contributed by atoms with van der Waals surface area (Å²) < 4.78 is 63.4.